The van der Waals surface area contributed by atoms with Gasteiger partial charge in [-0.05, 0) is 91.3 Å². The second kappa shape index (κ2) is 5.92. The van der Waals surface area contributed by atoms with Crippen LogP contribution in [0.1, 0.15) is 80.6 Å². The second-order valence-electron chi connectivity index (χ2n) is 10.2. The summed E-state index contributed by atoms with van der Waals surface area (Å²) < 4.78 is 0. The Morgan fingerprint density at radius 2 is 1.70 bits per heavy atom. The molecule has 23 heavy (non-hydrogen) atoms. The summed E-state index contributed by atoms with van der Waals surface area (Å²) in [5, 5.41) is 0. The fraction of sp³-hybridized carbons (Fsp3) is 0.913. The Morgan fingerprint density at radius 1 is 1.00 bits per heavy atom. The van der Waals surface area contributed by atoms with E-state index in [1.807, 2.05) is 0 Å². The van der Waals surface area contributed by atoms with Gasteiger partial charge in [0.2, 0.25) is 0 Å². The van der Waals surface area contributed by atoms with Crippen molar-refractivity contribution in [1.82, 2.24) is 0 Å². The van der Waals surface area contributed by atoms with Crippen LogP contribution in [0.25, 0.3) is 0 Å². The van der Waals surface area contributed by atoms with Crippen molar-refractivity contribution in [2.24, 2.45) is 52.3 Å². The summed E-state index contributed by atoms with van der Waals surface area (Å²) in [7, 11) is 0. The molecule has 0 N–H and O–H groups in total. The second-order valence-corrected chi connectivity index (χ2v) is 10.2. The lowest BCUT2D eigenvalue weighted by Crippen LogP contribution is -2.53. The molecule has 0 amide bonds. The first-order chi connectivity index (χ1) is 10.8. The van der Waals surface area contributed by atoms with E-state index in [9.17, 15) is 0 Å². The first kappa shape index (κ1) is 17.6. The average molecular weight is 317 g/mol. The molecule has 0 aliphatic heterocycles. The van der Waals surface area contributed by atoms with E-state index >= 15 is 0 Å². The van der Waals surface area contributed by atoms with Gasteiger partial charge in [-0.3, -0.25) is 0 Å². The van der Waals surface area contributed by atoms with E-state index in [2.05, 4.69) is 60.6 Å². The van der Waals surface area contributed by atoms with Crippen molar-refractivity contribution >= 4 is 0 Å². The predicted octanol–water partition coefficient (Wildman–Crippen LogP) is 6.96. The molecule has 3 rings (SSSR count). The summed E-state index contributed by atoms with van der Waals surface area (Å²) in [6.07, 6.45) is 12.3. The van der Waals surface area contributed by atoms with E-state index in [1.165, 1.54) is 32.1 Å². The van der Waals surface area contributed by atoms with Crippen LogP contribution in [0.4, 0.5) is 0 Å². The molecule has 8 atom stereocenters. The van der Waals surface area contributed by atoms with Crippen LogP contribution in [0.5, 0.6) is 0 Å². The average Bonchev–Trinajstić information content (AvgIpc) is 2.82. The molecule has 0 heterocycles. The normalized spacial score (nSPS) is 53.6. The highest BCUT2D eigenvalue weighted by molar-refractivity contribution is 5.13. The van der Waals surface area contributed by atoms with Crippen molar-refractivity contribution in [2.45, 2.75) is 80.6 Å². The van der Waals surface area contributed by atoms with E-state index in [0.717, 1.165) is 41.4 Å². The Kier molecular flexibility index (Phi) is 4.52. The summed E-state index contributed by atoms with van der Waals surface area (Å²) in [5.74, 6) is 6.46. The maximum atomic E-state index is 2.67. The third kappa shape index (κ3) is 2.46. The molecule has 3 aliphatic rings. The van der Waals surface area contributed by atoms with Crippen molar-refractivity contribution in [3.05, 3.63) is 12.2 Å². The minimum Gasteiger partial charge on any atom is -0.0911 e. The minimum absolute atomic E-state index is 0.434. The highest BCUT2D eigenvalue weighted by Gasteiger charge is 2.60. The van der Waals surface area contributed by atoms with E-state index in [1.54, 1.807) is 0 Å². The standard InChI is InChI=1S/C23H40/c1-8-12-22(6)17(5)14-16(4)21-19-10-9-18(15(2)3)23(19,7)13-11-20(21)22/h8,12,15-21H,9-11,13-14H2,1-7H3/b12-8-. The quantitative estimate of drug-likeness (QED) is 0.483. The van der Waals surface area contributed by atoms with Gasteiger partial charge >= 0.3 is 0 Å². The topological polar surface area (TPSA) is 0 Å². The van der Waals surface area contributed by atoms with Crippen molar-refractivity contribution < 1.29 is 0 Å². The fourth-order valence-corrected chi connectivity index (χ4v) is 7.83. The third-order valence-corrected chi connectivity index (χ3v) is 8.98. The van der Waals surface area contributed by atoms with Gasteiger partial charge in [0.1, 0.15) is 0 Å². The molecular formula is C23H40. The molecule has 0 radical (unpaired) electrons. The lowest BCUT2D eigenvalue weighted by molar-refractivity contribution is -0.102. The van der Waals surface area contributed by atoms with E-state index < -0.39 is 0 Å². The molecule has 8 unspecified atom stereocenters. The van der Waals surface area contributed by atoms with Crippen LogP contribution < -0.4 is 0 Å². The zero-order valence-corrected chi connectivity index (χ0v) is 16.7. The first-order valence-electron chi connectivity index (χ1n) is 10.4. The number of fused-ring (bicyclic) bond motifs is 3. The van der Waals surface area contributed by atoms with Crippen LogP contribution in [0, 0.1) is 52.3 Å². The molecule has 0 aromatic carbocycles. The molecular weight excluding hydrogens is 276 g/mol. The molecule has 132 valence electrons. The summed E-state index contributed by atoms with van der Waals surface area (Å²) in [6, 6.07) is 0. The molecule has 0 bridgehead atoms. The van der Waals surface area contributed by atoms with Crippen LogP contribution in [0.3, 0.4) is 0 Å². The van der Waals surface area contributed by atoms with Crippen molar-refractivity contribution in [3.63, 3.8) is 0 Å². The summed E-state index contributed by atoms with van der Waals surface area (Å²) >= 11 is 0. The van der Waals surface area contributed by atoms with Gasteiger partial charge < -0.3 is 0 Å². The monoisotopic (exact) mass is 316 g/mol. The minimum atomic E-state index is 0.434. The molecule has 0 aromatic heterocycles. The summed E-state index contributed by atoms with van der Waals surface area (Å²) in [5.41, 5.74) is 1.06. The highest BCUT2D eigenvalue weighted by atomic mass is 14.6. The van der Waals surface area contributed by atoms with Gasteiger partial charge in [-0.25, -0.2) is 0 Å². The number of allylic oxidation sites excluding steroid dienone is 2. The first-order valence-corrected chi connectivity index (χ1v) is 10.4. The SMILES string of the molecule is C/C=C\C1(C)C(C)CC(C)C2C1CCC1(C)C(C(C)C)CCC21. The Balaban J connectivity index is 1.96. The fourth-order valence-electron chi connectivity index (χ4n) is 7.83. The van der Waals surface area contributed by atoms with Crippen LogP contribution in [-0.4, -0.2) is 0 Å². The predicted molar refractivity (Wildman–Crippen MR) is 101 cm³/mol. The molecule has 3 aliphatic carbocycles. The molecule has 3 saturated carbocycles. The van der Waals surface area contributed by atoms with Crippen molar-refractivity contribution in [2.75, 3.05) is 0 Å². The van der Waals surface area contributed by atoms with Gasteiger partial charge in [-0.15, -0.1) is 0 Å². The highest BCUT2D eigenvalue weighted by Crippen LogP contribution is 2.67. The lowest BCUT2D eigenvalue weighted by Gasteiger charge is -2.60. The molecule has 0 heteroatoms. The van der Waals surface area contributed by atoms with Gasteiger partial charge in [-0.1, -0.05) is 53.7 Å². The molecule has 0 nitrogen and oxygen atoms in total. The molecule has 0 saturated heterocycles. The van der Waals surface area contributed by atoms with Gasteiger partial charge in [0.25, 0.3) is 0 Å². The number of hydrogen-bond acceptors (Lipinski definition) is 0. The number of rotatable bonds is 2. The Morgan fingerprint density at radius 3 is 2.30 bits per heavy atom. The zero-order valence-electron chi connectivity index (χ0n) is 16.7. The Bertz CT molecular complexity index is 461. The van der Waals surface area contributed by atoms with Crippen LogP contribution >= 0.6 is 0 Å². The van der Waals surface area contributed by atoms with Gasteiger partial charge in [0.05, 0.1) is 0 Å². The third-order valence-electron chi connectivity index (χ3n) is 8.98. The van der Waals surface area contributed by atoms with Gasteiger partial charge in [0.15, 0.2) is 0 Å². The van der Waals surface area contributed by atoms with Crippen LogP contribution in [-0.2, 0) is 0 Å². The van der Waals surface area contributed by atoms with Gasteiger partial charge in [0, 0.05) is 0 Å². The lowest BCUT2D eigenvalue weighted by atomic mass is 9.44. The van der Waals surface area contributed by atoms with E-state index in [4.69, 9.17) is 0 Å². The zero-order chi connectivity index (χ0) is 17.0. The largest absolute Gasteiger partial charge is 0.0911 e. The number of hydrogen-bond donors (Lipinski definition) is 0. The van der Waals surface area contributed by atoms with E-state index in [0.29, 0.717) is 10.8 Å². The molecule has 0 spiro atoms. The summed E-state index contributed by atoms with van der Waals surface area (Å²) in [6.45, 7) is 17.5. The van der Waals surface area contributed by atoms with E-state index in [-0.39, 0.29) is 0 Å². The molecule has 0 aromatic rings. The maximum Gasteiger partial charge on any atom is -0.00898 e. The van der Waals surface area contributed by atoms with Crippen LogP contribution in [0.15, 0.2) is 12.2 Å². The van der Waals surface area contributed by atoms with Crippen molar-refractivity contribution in [1.29, 1.82) is 0 Å². The molecule has 3 fully saturated rings. The van der Waals surface area contributed by atoms with Gasteiger partial charge in [-0.2, -0.15) is 0 Å². The Hall–Kier alpha value is -0.260. The summed E-state index contributed by atoms with van der Waals surface area (Å²) in [4.78, 5) is 0. The smallest absolute Gasteiger partial charge is 0.00898 e. The Labute approximate surface area is 145 Å². The maximum absolute atomic E-state index is 2.67. The van der Waals surface area contributed by atoms with Crippen LogP contribution in [0.2, 0.25) is 0 Å². The van der Waals surface area contributed by atoms with Crippen molar-refractivity contribution in [3.8, 4) is 0 Å².